The standard InChI is InChI=1S/C12H13F3N2O4/c1-3-20-9(18)8(10(19)21-4-2)7-5-6-16-11(17-7)12(13,14)15/h5-6,8H,3-4H2,1-2H3. The predicted molar refractivity (Wildman–Crippen MR) is 63.0 cm³/mol. The Bertz CT molecular complexity index is 501. The van der Waals surface area contributed by atoms with E-state index < -0.39 is 35.6 Å². The van der Waals surface area contributed by atoms with Crippen LogP contribution in [-0.2, 0) is 25.2 Å². The van der Waals surface area contributed by atoms with Crippen molar-refractivity contribution in [2.45, 2.75) is 25.9 Å². The number of carbonyl (C=O) groups excluding carboxylic acids is 2. The van der Waals surface area contributed by atoms with E-state index >= 15 is 0 Å². The SMILES string of the molecule is CCOC(=O)C(C(=O)OCC)c1ccnc(C(F)(F)F)n1. The van der Waals surface area contributed by atoms with Crippen molar-refractivity contribution in [1.29, 1.82) is 0 Å². The van der Waals surface area contributed by atoms with E-state index in [-0.39, 0.29) is 13.2 Å². The number of nitrogens with zero attached hydrogens (tertiary/aromatic N) is 2. The molecule has 1 aromatic rings. The first-order valence-electron chi connectivity index (χ1n) is 6.04. The number of halogens is 3. The first-order chi connectivity index (χ1) is 9.81. The highest BCUT2D eigenvalue weighted by Gasteiger charge is 2.38. The molecular weight excluding hydrogens is 293 g/mol. The molecule has 21 heavy (non-hydrogen) atoms. The summed E-state index contributed by atoms with van der Waals surface area (Å²) in [5, 5.41) is 0. The average Bonchev–Trinajstić information content (AvgIpc) is 2.39. The van der Waals surface area contributed by atoms with E-state index in [2.05, 4.69) is 19.4 Å². The monoisotopic (exact) mass is 306 g/mol. The van der Waals surface area contributed by atoms with Crippen LogP contribution in [0.25, 0.3) is 0 Å². The maximum atomic E-state index is 12.6. The molecule has 0 amide bonds. The first-order valence-corrected chi connectivity index (χ1v) is 6.04. The predicted octanol–water partition coefficient (Wildman–Crippen LogP) is 1.71. The zero-order valence-electron chi connectivity index (χ0n) is 11.3. The maximum Gasteiger partial charge on any atom is 0.451 e. The molecule has 0 atom stereocenters. The first kappa shape index (κ1) is 16.9. The lowest BCUT2D eigenvalue weighted by Crippen LogP contribution is -2.28. The van der Waals surface area contributed by atoms with Crippen molar-refractivity contribution in [1.82, 2.24) is 9.97 Å². The van der Waals surface area contributed by atoms with Gasteiger partial charge in [0.15, 0.2) is 5.92 Å². The van der Waals surface area contributed by atoms with E-state index in [9.17, 15) is 22.8 Å². The number of esters is 2. The molecule has 0 aliphatic heterocycles. The van der Waals surface area contributed by atoms with Gasteiger partial charge >= 0.3 is 18.1 Å². The van der Waals surface area contributed by atoms with Crippen LogP contribution in [0.15, 0.2) is 12.3 Å². The third kappa shape index (κ3) is 4.40. The second kappa shape index (κ2) is 7.00. The van der Waals surface area contributed by atoms with Crippen molar-refractivity contribution >= 4 is 11.9 Å². The lowest BCUT2D eigenvalue weighted by atomic mass is 10.1. The van der Waals surface area contributed by atoms with Crippen molar-refractivity contribution in [3.05, 3.63) is 23.8 Å². The van der Waals surface area contributed by atoms with Crippen molar-refractivity contribution in [3.8, 4) is 0 Å². The van der Waals surface area contributed by atoms with Gasteiger partial charge in [0.2, 0.25) is 5.82 Å². The molecule has 0 N–H and O–H groups in total. The number of carbonyl (C=O) groups is 2. The van der Waals surface area contributed by atoms with Crippen LogP contribution in [0.1, 0.15) is 31.3 Å². The van der Waals surface area contributed by atoms with Crippen LogP contribution in [0.3, 0.4) is 0 Å². The fourth-order valence-electron chi connectivity index (χ4n) is 1.46. The number of ether oxygens (including phenoxy) is 2. The van der Waals surface area contributed by atoms with Gasteiger partial charge in [0.25, 0.3) is 0 Å². The fourth-order valence-corrected chi connectivity index (χ4v) is 1.46. The van der Waals surface area contributed by atoms with Gasteiger partial charge < -0.3 is 9.47 Å². The Morgan fingerprint density at radius 1 is 1.19 bits per heavy atom. The summed E-state index contributed by atoms with van der Waals surface area (Å²) in [5.41, 5.74) is -0.422. The summed E-state index contributed by atoms with van der Waals surface area (Å²) in [6, 6.07) is 1.04. The second-order valence-corrected chi connectivity index (χ2v) is 3.74. The van der Waals surface area contributed by atoms with E-state index in [4.69, 9.17) is 0 Å². The summed E-state index contributed by atoms with van der Waals surface area (Å²) in [5.74, 6) is -5.17. The molecule has 0 spiro atoms. The summed E-state index contributed by atoms with van der Waals surface area (Å²) in [7, 11) is 0. The van der Waals surface area contributed by atoms with Crippen LogP contribution in [-0.4, -0.2) is 35.1 Å². The Balaban J connectivity index is 3.20. The highest BCUT2D eigenvalue weighted by molar-refractivity contribution is 6.00. The Labute approximate surface area is 118 Å². The Morgan fingerprint density at radius 2 is 1.71 bits per heavy atom. The Kier molecular flexibility index (Phi) is 5.62. The van der Waals surface area contributed by atoms with Crippen LogP contribution in [0.4, 0.5) is 13.2 Å². The van der Waals surface area contributed by atoms with Gasteiger partial charge in [-0.25, -0.2) is 9.97 Å². The summed E-state index contributed by atoms with van der Waals surface area (Å²) in [6.07, 6.45) is -3.97. The van der Waals surface area contributed by atoms with E-state index in [0.717, 1.165) is 12.3 Å². The molecule has 0 unspecified atom stereocenters. The molecule has 0 bridgehead atoms. The molecule has 1 rings (SSSR count). The molecule has 0 fully saturated rings. The van der Waals surface area contributed by atoms with Gasteiger partial charge in [0.05, 0.1) is 18.9 Å². The minimum absolute atomic E-state index is 0.0358. The zero-order chi connectivity index (χ0) is 16.0. The minimum Gasteiger partial charge on any atom is -0.465 e. The summed E-state index contributed by atoms with van der Waals surface area (Å²) >= 11 is 0. The molecule has 0 aromatic carbocycles. The normalized spacial score (nSPS) is 11.3. The molecule has 0 saturated heterocycles. The van der Waals surface area contributed by atoms with Crippen LogP contribution in [0, 0.1) is 0 Å². The Morgan fingerprint density at radius 3 is 2.14 bits per heavy atom. The lowest BCUT2D eigenvalue weighted by molar-refractivity contribution is -0.157. The van der Waals surface area contributed by atoms with Gasteiger partial charge in [-0.05, 0) is 19.9 Å². The number of aromatic nitrogens is 2. The molecule has 116 valence electrons. The summed E-state index contributed by atoms with van der Waals surface area (Å²) < 4.78 is 47.1. The Hall–Kier alpha value is -2.19. The molecular formula is C12H13F3N2O4. The van der Waals surface area contributed by atoms with Crippen molar-refractivity contribution in [2.24, 2.45) is 0 Å². The number of hydrogen-bond acceptors (Lipinski definition) is 6. The fraction of sp³-hybridized carbons (Fsp3) is 0.500. The van der Waals surface area contributed by atoms with Gasteiger partial charge in [-0.2, -0.15) is 13.2 Å². The zero-order valence-corrected chi connectivity index (χ0v) is 11.3. The van der Waals surface area contributed by atoms with Crippen molar-refractivity contribution in [3.63, 3.8) is 0 Å². The van der Waals surface area contributed by atoms with E-state index in [1.54, 1.807) is 0 Å². The third-order valence-electron chi connectivity index (χ3n) is 2.27. The molecule has 0 aliphatic rings. The highest BCUT2D eigenvalue weighted by Crippen LogP contribution is 2.27. The second-order valence-electron chi connectivity index (χ2n) is 3.74. The quantitative estimate of drug-likeness (QED) is 0.608. The van der Waals surface area contributed by atoms with E-state index in [1.165, 1.54) is 13.8 Å². The topological polar surface area (TPSA) is 78.4 Å². The van der Waals surface area contributed by atoms with Gasteiger partial charge in [-0.1, -0.05) is 0 Å². The van der Waals surface area contributed by atoms with Crippen LogP contribution >= 0.6 is 0 Å². The maximum absolute atomic E-state index is 12.6. The van der Waals surface area contributed by atoms with Crippen LogP contribution in [0.2, 0.25) is 0 Å². The van der Waals surface area contributed by atoms with Gasteiger partial charge in [0.1, 0.15) is 0 Å². The van der Waals surface area contributed by atoms with Crippen LogP contribution < -0.4 is 0 Å². The van der Waals surface area contributed by atoms with Gasteiger partial charge in [-0.15, -0.1) is 0 Å². The minimum atomic E-state index is -4.79. The molecule has 0 aliphatic carbocycles. The largest absolute Gasteiger partial charge is 0.465 e. The third-order valence-corrected chi connectivity index (χ3v) is 2.27. The van der Waals surface area contributed by atoms with Crippen LogP contribution in [0.5, 0.6) is 0 Å². The van der Waals surface area contributed by atoms with Gasteiger partial charge in [-0.3, -0.25) is 9.59 Å². The number of hydrogen-bond donors (Lipinski definition) is 0. The van der Waals surface area contributed by atoms with E-state index in [0.29, 0.717) is 0 Å². The molecule has 0 saturated carbocycles. The average molecular weight is 306 g/mol. The molecule has 0 radical (unpaired) electrons. The van der Waals surface area contributed by atoms with Gasteiger partial charge in [0, 0.05) is 6.20 Å². The molecule has 9 heteroatoms. The molecule has 1 heterocycles. The molecule has 1 aromatic heterocycles. The highest BCUT2D eigenvalue weighted by atomic mass is 19.4. The molecule has 6 nitrogen and oxygen atoms in total. The smallest absolute Gasteiger partial charge is 0.451 e. The lowest BCUT2D eigenvalue weighted by Gasteiger charge is -2.14. The van der Waals surface area contributed by atoms with Crippen molar-refractivity contribution < 1.29 is 32.2 Å². The van der Waals surface area contributed by atoms with Crippen molar-refractivity contribution in [2.75, 3.05) is 13.2 Å². The summed E-state index contributed by atoms with van der Waals surface area (Å²) in [4.78, 5) is 29.8. The summed E-state index contributed by atoms with van der Waals surface area (Å²) in [6.45, 7) is 2.93. The van der Waals surface area contributed by atoms with E-state index in [1.807, 2.05) is 0 Å². The number of rotatable bonds is 5. The number of alkyl halides is 3.